The summed E-state index contributed by atoms with van der Waals surface area (Å²) >= 11 is 0. The molecule has 3 aliphatic heterocycles. The lowest BCUT2D eigenvalue weighted by Crippen LogP contribution is -2.58. The molecule has 0 aromatic heterocycles. The molecule has 3 heterocycles. The van der Waals surface area contributed by atoms with E-state index < -0.39 is 8.60 Å². The van der Waals surface area contributed by atoms with Gasteiger partial charge in [-0.05, 0) is 161 Å². The topological polar surface area (TPSA) is 70.4 Å². The molecule has 0 unspecified atom stereocenters. The molecule has 0 radical (unpaired) electrons. The molecule has 3 N–H and O–H groups in total. The van der Waals surface area contributed by atoms with Crippen molar-refractivity contribution in [3.63, 3.8) is 0 Å². The third-order valence-corrected chi connectivity index (χ3v) is 10.5. The van der Waals surface area contributed by atoms with Gasteiger partial charge in [0.2, 0.25) is 0 Å². The number of hydrogen-bond donors (Lipinski definition) is 3. The Morgan fingerprint density at radius 1 is 0.400 bits per heavy atom. The molecule has 0 atom stereocenters. The van der Waals surface area contributed by atoms with Gasteiger partial charge in [0.1, 0.15) is 0 Å². The molecule has 3 aliphatic rings. The van der Waals surface area contributed by atoms with Gasteiger partial charge in [0.05, 0.1) is 0 Å². The van der Waals surface area contributed by atoms with Crippen molar-refractivity contribution < 1.29 is 14.7 Å². The van der Waals surface area contributed by atoms with Gasteiger partial charge < -0.3 is 14.7 Å². The average molecular weight is 590 g/mol. The Hall–Kier alpha value is 0.190. The third-order valence-electron chi connectivity index (χ3n) is 10.5. The molecule has 3 saturated heterocycles. The van der Waals surface area contributed by atoms with Crippen LogP contribution in [0.4, 0.5) is 0 Å². The van der Waals surface area contributed by atoms with Gasteiger partial charge in [0, 0.05) is 33.2 Å². The molecule has 0 bridgehead atoms. The smallest absolute Gasteiger partial charge is 0.324 e. The molecule has 7 heteroatoms. The van der Waals surface area contributed by atoms with Gasteiger partial charge in [-0.1, -0.05) is 20.8 Å². The van der Waals surface area contributed by atoms with E-state index in [0.717, 1.165) is 17.8 Å². The zero-order valence-electron chi connectivity index (χ0n) is 30.1. The highest BCUT2D eigenvalue weighted by Crippen LogP contribution is 2.41. The van der Waals surface area contributed by atoms with Crippen LogP contribution in [0.15, 0.2) is 0 Å². The first-order valence-electron chi connectivity index (χ1n) is 15.6. The third kappa shape index (κ3) is 12.1. The van der Waals surface area contributed by atoms with Crippen LogP contribution in [-0.2, 0) is 0 Å². The molecule has 0 saturated carbocycles. The van der Waals surface area contributed by atoms with Crippen LogP contribution >= 0.6 is 8.60 Å². The van der Waals surface area contributed by atoms with Gasteiger partial charge in [0.25, 0.3) is 0 Å². The molecule has 0 aromatic rings. The van der Waals surface area contributed by atoms with Crippen LogP contribution in [0.3, 0.4) is 0 Å². The molecule has 242 valence electrons. The molecular formula is C33H72N3O3P. The standard InChI is InChI=1S/3C11H23N.H3O3P/c3*1-9-7-10(2,3)12(6)11(4,5)8-9;1-4(2)3/h3*9H,7-8H2,1-6H3;1-3H. The van der Waals surface area contributed by atoms with Crippen LogP contribution in [0.25, 0.3) is 0 Å². The van der Waals surface area contributed by atoms with Gasteiger partial charge in [-0.25, -0.2) is 0 Å². The zero-order valence-corrected chi connectivity index (χ0v) is 31.0. The molecule has 3 rings (SSSR count). The van der Waals surface area contributed by atoms with E-state index >= 15 is 0 Å². The van der Waals surface area contributed by atoms with Gasteiger partial charge in [0.15, 0.2) is 0 Å². The van der Waals surface area contributed by atoms with Crippen LogP contribution in [0.2, 0.25) is 0 Å². The largest absolute Gasteiger partial charge is 0.328 e. The molecule has 0 amide bonds. The Balaban J connectivity index is 0.000000534. The molecular weight excluding hydrogens is 517 g/mol. The molecule has 40 heavy (non-hydrogen) atoms. The van der Waals surface area contributed by atoms with Crippen molar-refractivity contribution in [3.8, 4) is 0 Å². The van der Waals surface area contributed by atoms with E-state index in [1.165, 1.54) is 38.5 Å². The fourth-order valence-electron chi connectivity index (χ4n) is 8.61. The maximum atomic E-state index is 7.23. The summed E-state index contributed by atoms with van der Waals surface area (Å²) in [5.74, 6) is 2.60. The second-order valence-corrected chi connectivity index (χ2v) is 17.9. The summed E-state index contributed by atoms with van der Waals surface area (Å²) in [4.78, 5) is 29.3. The lowest BCUT2D eigenvalue weighted by atomic mass is 9.75. The van der Waals surface area contributed by atoms with Crippen molar-refractivity contribution in [2.45, 2.75) is 176 Å². The Bertz CT molecular complexity index is 612. The van der Waals surface area contributed by atoms with E-state index in [4.69, 9.17) is 14.7 Å². The SMILES string of the molecule is CC1CC(C)(C)N(C)C(C)(C)C1.CC1CC(C)(C)N(C)C(C)(C)C1.CC1CC(C)(C)N(C)C(C)(C)C1.OP(O)O. The predicted octanol–water partition coefficient (Wildman–Crippen LogP) is 7.91. The van der Waals surface area contributed by atoms with Gasteiger partial charge in [-0.3, -0.25) is 14.7 Å². The Kier molecular flexibility index (Phi) is 14.4. The van der Waals surface area contributed by atoms with Gasteiger partial charge in [-0.15, -0.1) is 0 Å². The van der Waals surface area contributed by atoms with Gasteiger partial charge >= 0.3 is 8.60 Å². The van der Waals surface area contributed by atoms with Crippen LogP contribution in [0.5, 0.6) is 0 Å². The van der Waals surface area contributed by atoms with Crippen molar-refractivity contribution >= 4 is 8.60 Å². The fourth-order valence-corrected chi connectivity index (χ4v) is 8.61. The number of piperidine rings is 3. The van der Waals surface area contributed by atoms with E-state index in [1.807, 2.05) is 0 Å². The highest BCUT2D eigenvalue weighted by molar-refractivity contribution is 7.38. The van der Waals surface area contributed by atoms with Crippen molar-refractivity contribution in [1.29, 1.82) is 0 Å². The van der Waals surface area contributed by atoms with E-state index in [1.54, 1.807) is 0 Å². The van der Waals surface area contributed by atoms with E-state index in [0.29, 0.717) is 33.2 Å². The molecule has 6 nitrogen and oxygen atoms in total. The maximum Gasteiger partial charge on any atom is 0.324 e. The van der Waals surface area contributed by atoms with Crippen LogP contribution < -0.4 is 0 Å². The van der Waals surface area contributed by atoms with Gasteiger partial charge in [-0.2, -0.15) is 0 Å². The molecule has 0 aromatic carbocycles. The minimum absolute atomic E-state index is 0.376. The first-order chi connectivity index (χ1) is 17.5. The summed E-state index contributed by atoms with van der Waals surface area (Å²) in [6, 6.07) is 0. The van der Waals surface area contributed by atoms with E-state index in [-0.39, 0.29) is 0 Å². The number of nitrogens with zero attached hydrogens (tertiary/aromatic N) is 3. The number of hydrogen-bond acceptors (Lipinski definition) is 6. The lowest BCUT2D eigenvalue weighted by molar-refractivity contribution is -0.0258. The molecule has 3 fully saturated rings. The van der Waals surface area contributed by atoms with E-state index in [9.17, 15) is 0 Å². The number of likely N-dealkylation sites (tertiary alicyclic amines) is 3. The predicted molar refractivity (Wildman–Crippen MR) is 177 cm³/mol. The summed E-state index contributed by atoms with van der Waals surface area (Å²) in [5.41, 5.74) is 2.26. The Morgan fingerprint density at radius 2 is 0.500 bits per heavy atom. The fraction of sp³-hybridized carbons (Fsp3) is 1.00. The first-order valence-corrected chi connectivity index (χ1v) is 16.8. The van der Waals surface area contributed by atoms with Crippen LogP contribution in [0.1, 0.15) is 142 Å². The second kappa shape index (κ2) is 14.3. The summed E-state index contributed by atoms with van der Waals surface area (Å²) in [7, 11) is 4.15. The zero-order chi connectivity index (χ0) is 32.3. The summed E-state index contributed by atoms with van der Waals surface area (Å²) < 4.78 is 0. The Labute approximate surface area is 252 Å². The average Bonchev–Trinajstić information content (AvgIpc) is 2.67. The maximum absolute atomic E-state index is 7.23. The summed E-state index contributed by atoms with van der Waals surface area (Å²) in [5, 5.41) is 0. The van der Waals surface area contributed by atoms with Crippen molar-refractivity contribution in [1.82, 2.24) is 14.7 Å². The Morgan fingerprint density at radius 3 is 0.600 bits per heavy atom. The normalized spacial score (nSPS) is 28.4. The number of rotatable bonds is 0. The monoisotopic (exact) mass is 590 g/mol. The van der Waals surface area contributed by atoms with E-state index in [2.05, 4.69) is 140 Å². The van der Waals surface area contributed by atoms with Crippen molar-refractivity contribution in [2.75, 3.05) is 21.1 Å². The highest BCUT2D eigenvalue weighted by atomic mass is 31.2. The highest BCUT2D eigenvalue weighted by Gasteiger charge is 2.43. The van der Waals surface area contributed by atoms with Crippen LogP contribution in [0, 0.1) is 17.8 Å². The lowest BCUT2D eigenvalue weighted by Gasteiger charge is -2.53. The minimum atomic E-state index is -2.62. The molecule has 0 aliphatic carbocycles. The molecule has 0 spiro atoms. The summed E-state index contributed by atoms with van der Waals surface area (Å²) in [6.45, 7) is 35.3. The van der Waals surface area contributed by atoms with Crippen molar-refractivity contribution in [2.24, 2.45) is 17.8 Å². The minimum Gasteiger partial charge on any atom is -0.328 e. The van der Waals surface area contributed by atoms with Crippen molar-refractivity contribution in [3.05, 3.63) is 0 Å². The second-order valence-electron chi connectivity index (χ2n) is 17.4. The first kappa shape index (κ1) is 40.2. The quantitative estimate of drug-likeness (QED) is 0.250. The van der Waals surface area contributed by atoms with Crippen LogP contribution in [-0.4, -0.2) is 83.8 Å². The summed E-state index contributed by atoms with van der Waals surface area (Å²) in [6.07, 6.45) is 7.96.